The van der Waals surface area contributed by atoms with Crippen LogP contribution in [0.5, 0.6) is 0 Å². The number of allylic oxidation sites excluding steroid dienone is 3. The minimum absolute atomic E-state index is 0.425. The fourth-order valence-corrected chi connectivity index (χ4v) is 1.15. The molecule has 0 fully saturated rings. The zero-order valence-corrected chi connectivity index (χ0v) is 11.0. The fraction of sp³-hybridized carbons (Fsp3) is 0.333. The number of oxime groups is 1. The van der Waals surface area contributed by atoms with Gasteiger partial charge in [0.1, 0.15) is 6.26 Å². The van der Waals surface area contributed by atoms with E-state index < -0.39 is 5.97 Å². The van der Waals surface area contributed by atoms with E-state index in [9.17, 15) is 4.79 Å². The van der Waals surface area contributed by atoms with Crippen molar-refractivity contribution in [2.24, 2.45) is 5.16 Å². The summed E-state index contributed by atoms with van der Waals surface area (Å²) in [5, 5.41) is 4.28. The predicted molar refractivity (Wildman–Crippen MR) is 68.7 cm³/mol. The van der Waals surface area contributed by atoms with Crippen LogP contribution in [-0.4, -0.2) is 18.8 Å². The number of hydrogen-bond donors (Lipinski definition) is 0. The lowest BCUT2D eigenvalue weighted by molar-refractivity contribution is -0.134. The van der Waals surface area contributed by atoms with Crippen LogP contribution in [0.3, 0.4) is 0 Å². The van der Waals surface area contributed by atoms with Crippen LogP contribution < -0.4 is 0 Å². The van der Waals surface area contributed by atoms with Gasteiger partial charge in [-0.05, 0) is 25.0 Å². The molecule has 0 heterocycles. The van der Waals surface area contributed by atoms with Crippen molar-refractivity contribution < 1.29 is 14.4 Å². The van der Waals surface area contributed by atoms with Gasteiger partial charge in [0.05, 0.1) is 18.9 Å². The summed E-state index contributed by atoms with van der Waals surface area (Å²) in [6, 6.07) is 0. The Morgan fingerprint density at radius 3 is 2.65 bits per heavy atom. The Kier molecular flexibility index (Phi) is 7.80. The number of hydrogen-bond acceptors (Lipinski definition) is 4. The van der Waals surface area contributed by atoms with Crippen LogP contribution in [0.1, 0.15) is 20.3 Å². The number of rotatable bonds is 6. The summed E-state index contributed by atoms with van der Waals surface area (Å²) in [5.41, 5.74) is 1.58. The number of carbonyl (C=O) groups is 1. The minimum Gasteiger partial charge on any atom is -0.466 e. The first kappa shape index (κ1) is 15.4. The molecule has 0 aromatic carbocycles. The SMILES string of the molecule is C=C(Cl)/C=C(C)/C(CC)=N/O/C=C/C(=O)OC. The van der Waals surface area contributed by atoms with Gasteiger partial charge in [-0.2, -0.15) is 0 Å². The van der Waals surface area contributed by atoms with E-state index in [2.05, 4.69) is 16.5 Å². The molecule has 0 spiro atoms. The Hall–Kier alpha value is -1.55. The molecule has 0 aromatic heterocycles. The minimum atomic E-state index is -0.500. The van der Waals surface area contributed by atoms with Gasteiger partial charge in [0.15, 0.2) is 0 Å². The second-order valence-corrected chi connectivity index (χ2v) is 3.58. The maximum atomic E-state index is 10.7. The number of carbonyl (C=O) groups excluding carboxylic acids is 1. The van der Waals surface area contributed by atoms with Crippen LogP contribution in [0.2, 0.25) is 0 Å². The molecule has 0 N–H and O–H groups in total. The van der Waals surface area contributed by atoms with Crippen LogP contribution >= 0.6 is 11.6 Å². The highest BCUT2D eigenvalue weighted by Crippen LogP contribution is 2.08. The van der Waals surface area contributed by atoms with E-state index in [0.29, 0.717) is 11.5 Å². The van der Waals surface area contributed by atoms with E-state index in [0.717, 1.165) is 23.6 Å². The summed E-state index contributed by atoms with van der Waals surface area (Å²) in [6.07, 6.45) is 4.66. The van der Waals surface area contributed by atoms with Crippen LogP contribution in [0, 0.1) is 0 Å². The van der Waals surface area contributed by atoms with E-state index in [-0.39, 0.29) is 0 Å². The molecule has 0 radical (unpaired) electrons. The Bertz CT molecular complexity index is 370. The molecule has 0 aromatic rings. The topological polar surface area (TPSA) is 47.9 Å². The van der Waals surface area contributed by atoms with Gasteiger partial charge in [0.2, 0.25) is 0 Å². The summed E-state index contributed by atoms with van der Waals surface area (Å²) in [7, 11) is 1.28. The second kappa shape index (κ2) is 8.58. The number of esters is 1. The normalized spacial score (nSPS) is 12.7. The Balaban J connectivity index is 4.52. The van der Waals surface area contributed by atoms with Crippen LogP contribution in [0.25, 0.3) is 0 Å². The molecule has 0 amide bonds. The largest absolute Gasteiger partial charge is 0.466 e. The van der Waals surface area contributed by atoms with Gasteiger partial charge in [-0.3, -0.25) is 0 Å². The van der Waals surface area contributed by atoms with Gasteiger partial charge in [0, 0.05) is 5.03 Å². The third-order valence-corrected chi connectivity index (χ3v) is 1.90. The quantitative estimate of drug-likeness (QED) is 0.183. The summed E-state index contributed by atoms with van der Waals surface area (Å²) in [6.45, 7) is 7.34. The monoisotopic (exact) mass is 257 g/mol. The fourth-order valence-electron chi connectivity index (χ4n) is 0.982. The van der Waals surface area contributed by atoms with Crippen molar-refractivity contribution in [3.8, 4) is 0 Å². The van der Waals surface area contributed by atoms with Crippen molar-refractivity contribution in [2.75, 3.05) is 7.11 Å². The molecule has 0 saturated heterocycles. The molecule has 4 nitrogen and oxygen atoms in total. The first-order chi connectivity index (χ1) is 8.01. The zero-order valence-electron chi connectivity index (χ0n) is 10.2. The molecule has 0 atom stereocenters. The number of nitrogens with zero attached hydrogens (tertiary/aromatic N) is 1. The van der Waals surface area contributed by atoms with Gasteiger partial charge in [-0.25, -0.2) is 4.79 Å². The number of ether oxygens (including phenoxy) is 1. The lowest BCUT2D eigenvalue weighted by Gasteiger charge is -2.02. The van der Waals surface area contributed by atoms with E-state index in [1.807, 2.05) is 13.8 Å². The number of halogens is 1. The molecule has 94 valence electrons. The average Bonchev–Trinajstić information content (AvgIpc) is 2.27. The predicted octanol–water partition coefficient (Wildman–Crippen LogP) is 3.15. The van der Waals surface area contributed by atoms with Crippen LogP contribution in [-0.2, 0) is 14.4 Å². The van der Waals surface area contributed by atoms with Crippen molar-refractivity contribution in [3.63, 3.8) is 0 Å². The number of methoxy groups -OCH3 is 1. The molecule has 0 unspecified atom stereocenters. The molecule has 0 bridgehead atoms. The lowest BCUT2D eigenvalue weighted by Crippen LogP contribution is -1.99. The van der Waals surface area contributed by atoms with Crippen LogP contribution in [0.15, 0.2) is 40.8 Å². The van der Waals surface area contributed by atoms with Crippen molar-refractivity contribution in [3.05, 3.63) is 35.6 Å². The maximum absolute atomic E-state index is 10.7. The molecule has 0 rings (SSSR count). The lowest BCUT2D eigenvalue weighted by atomic mass is 10.1. The zero-order chi connectivity index (χ0) is 13.3. The van der Waals surface area contributed by atoms with Gasteiger partial charge in [0.25, 0.3) is 0 Å². The van der Waals surface area contributed by atoms with Crippen molar-refractivity contribution in [1.29, 1.82) is 0 Å². The van der Waals surface area contributed by atoms with Gasteiger partial charge < -0.3 is 9.57 Å². The standard InChI is InChI=1S/C12H16ClNO3/c1-5-11(9(2)8-10(3)13)14-17-7-6-12(15)16-4/h6-8H,3,5H2,1-2,4H3/b7-6+,9-8+,14-11+. The summed E-state index contributed by atoms with van der Waals surface area (Å²) in [5.74, 6) is -0.500. The van der Waals surface area contributed by atoms with E-state index in [1.54, 1.807) is 6.08 Å². The Morgan fingerprint density at radius 2 is 2.18 bits per heavy atom. The third kappa shape index (κ3) is 7.36. The van der Waals surface area contributed by atoms with Gasteiger partial charge in [-0.1, -0.05) is 30.3 Å². The summed E-state index contributed by atoms with van der Waals surface area (Å²) < 4.78 is 4.39. The highest BCUT2D eigenvalue weighted by molar-refractivity contribution is 6.31. The highest BCUT2D eigenvalue weighted by Gasteiger charge is 2.00. The molecule has 0 aliphatic carbocycles. The van der Waals surface area contributed by atoms with E-state index in [1.165, 1.54) is 7.11 Å². The molecular weight excluding hydrogens is 242 g/mol. The van der Waals surface area contributed by atoms with E-state index in [4.69, 9.17) is 16.4 Å². The van der Waals surface area contributed by atoms with Crippen LogP contribution in [0.4, 0.5) is 0 Å². The molecule has 17 heavy (non-hydrogen) atoms. The second-order valence-electron chi connectivity index (χ2n) is 3.10. The molecular formula is C12H16ClNO3. The average molecular weight is 258 g/mol. The van der Waals surface area contributed by atoms with Gasteiger partial charge >= 0.3 is 5.97 Å². The maximum Gasteiger partial charge on any atom is 0.333 e. The third-order valence-electron chi connectivity index (χ3n) is 1.79. The summed E-state index contributed by atoms with van der Waals surface area (Å²) >= 11 is 5.65. The summed E-state index contributed by atoms with van der Waals surface area (Å²) in [4.78, 5) is 15.6. The first-order valence-electron chi connectivity index (χ1n) is 5.01. The molecule has 0 saturated carbocycles. The van der Waals surface area contributed by atoms with Crippen molar-refractivity contribution in [2.45, 2.75) is 20.3 Å². The Labute approximate surface area is 106 Å². The van der Waals surface area contributed by atoms with Gasteiger partial charge in [-0.15, -0.1) is 0 Å². The molecule has 0 aliphatic heterocycles. The van der Waals surface area contributed by atoms with E-state index >= 15 is 0 Å². The molecule has 0 aliphatic rings. The Morgan fingerprint density at radius 1 is 1.53 bits per heavy atom. The smallest absolute Gasteiger partial charge is 0.333 e. The highest BCUT2D eigenvalue weighted by atomic mass is 35.5. The van der Waals surface area contributed by atoms with Crippen molar-refractivity contribution in [1.82, 2.24) is 0 Å². The molecule has 5 heteroatoms. The first-order valence-corrected chi connectivity index (χ1v) is 5.39. The van der Waals surface area contributed by atoms with Crippen molar-refractivity contribution >= 4 is 23.3 Å².